The Morgan fingerprint density at radius 1 is 1.25 bits per heavy atom. The highest BCUT2D eigenvalue weighted by molar-refractivity contribution is 5.70. The molecule has 0 aromatic heterocycles. The third-order valence-electron chi connectivity index (χ3n) is 4.50. The van der Waals surface area contributed by atoms with Crippen molar-refractivity contribution in [1.82, 2.24) is 10.2 Å². The van der Waals surface area contributed by atoms with Crippen LogP contribution in [0.2, 0.25) is 0 Å². The average Bonchev–Trinajstić information content (AvgIpc) is 2.60. The van der Waals surface area contributed by atoms with Crippen molar-refractivity contribution in [2.75, 3.05) is 33.3 Å². The standard InChI is InChI=1S/C19H30N2O3/c1-4-5-6-7-17(21-12-10-20-11-13-21)16-8-9-18(24-15(2)22)19(14-16)23-3/h8-9,14,17,20H,4-7,10-13H2,1-3H3/t17-/m0/s1. The molecule has 0 aliphatic carbocycles. The lowest BCUT2D eigenvalue weighted by atomic mass is 9.97. The van der Waals surface area contributed by atoms with E-state index in [1.165, 1.54) is 31.7 Å². The average molecular weight is 334 g/mol. The lowest BCUT2D eigenvalue weighted by Crippen LogP contribution is -2.45. The zero-order valence-electron chi connectivity index (χ0n) is 15.1. The largest absolute Gasteiger partial charge is 0.493 e. The van der Waals surface area contributed by atoms with Crippen molar-refractivity contribution in [3.8, 4) is 11.5 Å². The molecule has 5 nitrogen and oxygen atoms in total. The van der Waals surface area contributed by atoms with Gasteiger partial charge in [0.2, 0.25) is 0 Å². The Balaban J connectivity index is 2.21. The molecule has 1 aliphatic rings. The minimum atomic E-state index is -0.331. The molecular formula is C19H30N2O3. The molecule has 0 amide bonds. The van der Waals surface area contributed by atoms with Crippen molar-refractivity contribution in [3.05, 3.63) is 23.8 Å². The predicted octanol–water partition coefficient (Wildman–Crippen LogP) is 3.15. The monoisotopic (exact) mass is 334 g/mol. The minimum Gasteiger partial charge on any atom is -0.493 e. The molecule has 1 saturated heterocycles. The Hall–Kier alpha value is -1.59. The lowest BCUT2D eigenvalue weighted by molar-refractivity contribution is -0.132. The van der Waals surface area contributed by atoms with Crippen LogP contribution in [-0.4, -0.2) is 44.2 Å². The third kappa shape index (κ3) is 5.21. The SMILES string of the molecule is CCCCC[C@@H](c1ccc(OC(C)=O)c(OC)c1)N1CCNCC1. The number of benzene rings is 1. The number of nitrogens with one attached hydrogen (secondary N) is 1. The first-order valence-corrected chi connectivity index (χ1v) is 8.96. The molecule has 0 spiro atoms. The van der Waals surface area contributed by atoms with Crippen LogP contribution in [-0.2, 0) is 4.79 Å². The van der Waals surface area contributed by atoms with E-state index in [0.717, 1.165) is 32.6 Å². The molecule has 1 heterocycles. The van der Waals surface area contributed by atoms with E-state index in [9.17, 15) is 4.79 Å². The molecule has 24 heavy (non-hydrogen) atoms. The van der Waals surface area contributed by atoms with Gasteiger partial charge in [0.1, 0.15) is 0 Å². The van der Waals surface area contributed by atoms with Crippen molar-refractivity contribution in [3.63, 3.8) is 0 Å². The van der Waals surface area contributed by atoms with Crippen molar-refractivity contribution in [2.24, 2.45) is 0 Å². The molecule has 1 fully saturated rings. The highest BCUT2D eigenvalue weighted by Gasteiger charge is 2.23. The van der Waals surface area contributed by atoms with Crippen LogP contribution in [0.15, 0.2) is 18.2 Å². The normalized spacial score (nSPS) is 16.6. The second-order valence-corrected chi connectivity index (χ2v) is 6.30. The van der Waals surface area contributed by atoms with Crippen LogP contribution in [0.25, 0.3) is 0 Å². The summed E-state index contributed by atoms with van der Waals surface area (Å²) in [5.74, 6) is 0.780. The first kappa shape index (κ1) is 18.7. The second-order valence-electron chi connectivity index (χ2n) is 6.30. The first-order valence-electron chi connectivity index (χ1n) is 8.96. The number of ether oxygens (including phenoxy) is 2. The van der Waals surface area contributed by atoms with E-state index in [1.54, 1.807) is 7.11 Å². The summed E-state index contributed by atoms with van der Waals surface area (Å²) in [6.45, 7) is 7.83. The Kier molecular flexibility index (Phi) is 7.53. The topological polar surface area (TPSA) is 50.8 Å². The maximum absolute atomic E-state index is 11.2. The van der Waals surface area contributed by atoms with Crippen LogP contribution in [0.4, 0.5) is 0 Å². The van der Waals surface area contributed by atoms with Crippen LogP contribution in [0.1, 0.15) is 51.1 Å². The van der Waals surface area contributed by atoms with E-state index < -0.39 is 0 Å². The highest BCUT2D eigenvalue weighted by Crippen LogP contribution is 2.34. The fourth-order valence-corrected chi connectivity index (χ4v) is 3.27. The maximum Gasteiger partial charge on any atom is 0.308 e. The molecule has 1 aromatic rings. The number of carbonyl (C=O) groups is 1. The van der Waals surface area contributed by atoms with E-state index in [-0.39, 0.29) is 5.97 Å². The van der Waals surface area contributed by atoms with Crippen LogP contribution in [0.5, 0.6) is 11.5 Å². The van der Waals surface area contributed by atoms with Gasteiger partial charge in [-0.1, -0.05) is 32.3 Å². The minimum absolute atomic E-state index is 0.331. The number of carbonyl (C=O) groups excluding carboxylic acids is 1. The van der Waals surface area contributed by atoms with Crippen molar-refractivity contribution >= 4 is 5.97 Å². The van der Waals surface area contributed by atoms with Crippen molar-refractivity contribution in [1.29, 1.82) is 0 Å². The Morgan fingerprint density at radius 3 is 2.62 bits per heavy atom. The Morgan fingerprint density at radius 2 is 2.00 bits per heavy atom. The van der Waals surface area contributed by atoms with Crippen molar-refractivity contribution in [2.45, 2.75) is 45.6 Å². The van der Waals surface area contributed by atoms with Gasteiger partial charge < -0.3 is 14.8 Å². The summed E-state index contributed by atoms with van der Waals surface area (Å²) in [6, 6.07) is 6.33. The Bertz CT molecular complexity index is 527. The number of rotatable bonds is 8. The number of hydrogen-bond donors (Lipinski definition) is 1. The van der Waals surface area contributed by atoms with Gasteiger partial charge in [-0.15, -0.1) is 0 Å². The smallest absolute Gasteiger partial charge is 0.308 e. The van der Waals surface area contributed by atoms with E-state index >= 15 is 0 Å². The molecule has 0 radical (unpaired) electrons. The van der Waals surface area contributed by atoms with Crippen LogP contribution < -0.4 is 14.8 Å². The van der Waals surface area contributed by atoms with Gasteiger partial charge in [0.05, 0.1) is 7.11 Å². The zero-order valence-corrected chi connectivity index (χ0v) is 15.1. The summed E-state index contributed by atoms with van der Waals surface area (Å²) in [6.07, 6.45) is 4.84. The van der Waals surface area contributed by atoms with E-state index in [4.69, 9.17) is 9.47 Å². The van der Waals surface area contributed by atoms with Gasteiger partial charge in [0.15, 0.2) is 11.5 Å². The number of unbranched alkanes of at least 4 members (excludes halogenated alkanes) is 2. The molecule has 5 heteroatoms. The van der Waals surface area contributed by atoms with Gasteiger partial charge in [0.25, 0.3) is 0 Å². The fourth-order valence-electron chi connectivity index (χ4n) is 3.27. The summed E-state index contributed by atoms with van der Waals surface area (Å²) in [5, 5.41) is 3.42. The lowest BCUT2D eigenvalue weighted by Gasteiger charge is -2.35. The number of esters is 1. The van der Waals surface area contributed by atoms with Gasteiger partial charge >= 0.3 is 5.97 Å². The summed E-state index contributed by atoms with van der Waals surface area (Å²) in [7, 11) is 1.61. The number of methoxy groups -OCH3 is 1. The second kappa shape index (κ2) is 9.64. The van der Waals surface area contributed by atoms with Crippen LogP contribution in [0.3, 0.4) is 0 Å². The van der Waals surface area contributed by atoms with Crippen LogP contribution >= 0.6 is 0 Å². The van der Waals surface area contributed by atoms with Gasteiger partial charge in [-0.05, 0) is 24.1 Å². The predicted molar refractivity (Wildman–Crippen MR) is 95.6 cm³/mol. The zero-order chi connectivity index (χ0) is 17.4. The van der Waals surface area contributed by atoms with E-state index in [0.29, 0.717) is 17.5 Å². The third-order valence-corrected chi connectivity index (χ3v) is 4.50. The van der Waals surface area contributed by atoms with Gasteiger partial charge in [0, 0.05) is 39.1 Å². The van der Waals surface area contributed by atoms with Gasteiger partial charge in [-0.3, -0.25) is 9.69 Å². The van der Waals surface area contributed by atoms with Crippen LogP contribution in [0, 0.1) is 0 Å². The quantitative estimate of drug-likeness (QED) is 0.450. The number of piperazine rings is 1. The van der Waals surface area contributed by atoms with E-state index in [2.05, 4.69) is 23.2 Å². The number of hydrogen-bond acceptors (Lipinski definition) is 5. The maximum atomic E-state index is 11.2. The molecule has 0 saturated carbocycles. The summed E-state index contributed by atoms with van der Waals surface area (Å²) < 4.78 is 10.7. The molecule has 1 atom stereocenters. The number of nitrogens with zero attached hydrogens (tertiary/aromatic N) is 1. The molecule has 1 aromatic carbocycles. The van der Waals surface area contributed by atoms with E-state index in [1.807, 2.05) is 12.1 Å². The van der Waals surface area contributed by atoms with Gasteiger partial charge in [-0.2, -0.15) is 0 Å². The highest BCUT2D eigenvalue weighted by atomic mass is 16.6. The first-order chi connectivity index (χ1) is 11.7. The summed E-state index contributed by atoms with van der Waals surface area (Å²) in [5.41, 5.74) is 1.24. The summed E-state index contributed by atoms with van der Waals surface area (Å²) >= 11 is 0. The Labute approximate surface area is 145 Å². The fraction of sp³-hybridized carbons (Fsp3) is 0.632. The molecule has 2 rings (SSSR count). The summed E-state index contributed by atoms with van der Waals surface area (Å²) in [4.78, 5) is 13.8. The molecule has 0 bridgehead atoms. The molecular weight excluding hydrogens is 304 g/mol. The van der Waals surface area contributed by atoms with Gasteiger partial charge in [-0.25, -0.2) is 0 Å². The molecule has 1 aliphatic heterocycles. The molecule has 0 unspecified atom stereocenters. The molecule has 134 valence electrons. The van der Waals surface area contributed by atoms with Crippen molar-refractivity contribution < 1.29 is 14.3 Å². The molecule has 1 N–H and O–H groups in total.